The average Bonchev–Trinajstić information content (AvgIpc) is 2.66. The first kappa shape index (κ1) is 14.5. The van der Waals surface area contributed by atoms with Gasteiger partial charge >= 0.3 is 0 Å². The summed E-state index contributed by atoms with van der Waals surface area (Å²) in [6, 6.07) is 18.3. The number of hydrogen-bond donors (Lipinski definition) is 2. The molecule has 124 valence electrons. The maximum absolute atomic E-state index is 12.8. The molecule has 4 aromatic rings. The van der Waals surface area contributed by atoms with Gasteiger partial charge in [0, 0.05) is 10.8 Å². The molecule has 3 heterocycles. The van der Waals surface area contributed by atoms with Crippen LogP contribution in [0.15, 0.2) is 60.7 Å². The largest absolute Gasteiger partial charge is 0.306 e. The van der Waals surface area contributed by atoms with Gasteiger partial charge in [-0.05, 0) is 24.3 Å². The molecule has 6 nitrogen and oxygen atoms in total. The molecule has 0 radical (unpaired) electrons. The summed E-state index contributed by atoms with van der Waals surface area (Å²) >= 11 is 0. The van der Waals surface area contributed by atoms with Gasteiger partial charge in [-0.15, -0.1) is 0 Å². The average molecular weight is 340 g/mol. The van der Waals surface area contributed by atoms with Crippen LogP contribution in [0.25, 0.3) is 21.8 Å². The Labute approximate surface area is 147 Å². The Bertz CT molecular complexity index is 1140. The second-order valence-electron chi connectivity index (χ2n) is 6.06. The first-order chi connectivity index (χ1) is 12.7. The second kappa shape index (κ2) is 5.35. The first-order valence-electron chi connectivity index (χ1n) is 8.11. The van der Waals surface area contributed by atoms with Gasteiger partial charge in [-0.25, -0.2) is 9.97 Å². The molecular formula is C20H12N4O2. The van der Waals surface area contributed by atoms with Crippen molar-refractivity contribution in [2.75, 3.05) is 10.6 Å². The lowest BCUT2D eigenvalue weighted by Gasteiger charge is -2.18. The highest BCUT2D eigenvalue weighted by Crippen LogP contribution is 2.27. The molecule has 6 heteroatoms. The minimum atomic E-state index is -0.359. The lowest BCUT2D eigenvalue weighted by atomic mass is 10.1. The van der Waals surface area contributed by atoms with Gasteiger partial charge < -0.3 is 10.6 Å². The van der Waals surface area contributed by atoms with E-state index in [-0.39, 0.29) is 23.5 Å². The molecular weight excluding hydrogens is 328 g/mol. The van der Waals surface area contributed by atoms with Crippen LogP contribution in [-0.2, 0) is 0 Å². The number of para-hydroxylation sites is 2. The number of anilines is 2. The molecule has 0 spiro atoms. The molecule has 2 amide bonds. The smallest absolute Gasteiger partial charge is 0.260 e. The number of carbonyl (C=O) groups excluding carboxylic acids is 2. The molecule has 0 aliphatic carbocycles. The minimum absolute atomic E-state index is 0.241. The number of amides is 2. The van der Waals surface area contributed by atoms with Crippen molar-refractivity contribution in [1.82, 2.24) is 9.97 Å². The second-order valence-corrected chi connectivity index (χ2v) is 6.06. The Morgan fingerprint density at radius 3 is 1.50 bits per heavy atom. The number of hydrogen-bond acceptors (Lipinski definition) is 4. The number of rotatable bonds is 0. The van der Waals surface area contributed by atoms with E-state index in [4.69, 9.17) is 0 Å². The topological polar surface area (TPSA) is 84.0 Å². The fraction of sp³-hybridized carbons (Fsp3) is 0. The number of carbonyl (C=O) groups is 2. The van der Waals surface area contributed by atoms with E-state index in [2.05, 4.69) is 20.6 Å². The molecule has 2 aromatic carbocycles. The number of nitrogens with zero attached hydrogens (tertiary/aromatic N) is 2. The molecule has 1 aliphatic rings. The fourth-order valence-electron chi connectivity index (χ4n) is 3.12. The Kier molecular flexibility index (Phi) is 2.99. The number of benzene rings is 2. The summed E-state index contributed by atoms with van der Waals surface area (Å²) in [4.78, 5) is 34.4. The zero-order valence-electron chi connectivity index (χ0n) is 13.5. The van der Waals surface area contributed by atoms with Crippen molar-refractivity contribution in [1.29, 1.82) is 0 Å². The van der Waals surface area contributed by atoms with Gasteiger partial charge in [0.2, 0.25) is 0 Å². The molecule has 0 atom stereocenters. The third-order valence-corrected chi connectivity index (χ3v) is 4.40. The molecule has 0 saturated carbocycles. The SMILES string of the molecule is O=C1Nc2nc3ccccc3cc2C(=O)Nc2nc3ccccc3cc21. The monoisotopic (exact) mass is 340 g/mol. The van der Waals surface area contributed by atoms with Crippen LogP contribution in [0.3, 0.4) is 0 Å². The van der Waals surface area contributed by atoms with Gasteiger partial charge in [0.1, 0.15) is 11.6 Å². The van der Waals surface area contributed by atoms with Gasteiger partial charge in [-0.3, -0.25) is 9.59 Å². The Morgan fingerprint density at radius 1 is 0.615 bits per heavy atom. The minimum Gasteiger partial charge on any atom is -0.306 e. The van der Waals surface area contributed by atoms with Crippen molar-refractivity contribution in [2.45, 2.75) is 0 Å². The predicted octanol–water partition coefficient (Wildman–Crippen LogP) is 3.60. The quantitative estimate of drug-likeness (QED) is 0.512. The van der Waals surface area contributed by atoms with Gasteiger partial charge in [0.05, 0.1) is 22.2 Å². The van der Waals surface area contributed by atoms with Crippen LogP contribution < -0.4 is 10.6 Å². The number of aromatic nitrogens is 2. The normalized spacial score (nSPS) is 13.4. The molecule has 0 fully saturated rings. The summed E-state index contributed by atoms with van der Waals surface area (Å²) in [7, 11) is 0. The standard InChI is InChI=1S/C20H12N4O2/c25-19-13-9-11-5-1-3-7-15(11)21-17(13)23-20(26)14-10-12-6-2-4-8-16(12)22-18(14)24-19/h1-10H,(H,21,23,26)(H,22,24,25). The van der Waals surface area contributed by atoms with E-state index in [1.165, 1.54) is 0 Å². The first-order valence-corrected chi connectivity index (χ1v) is 8.11. The third kappa shape index (κ3) is 2.20. The summed E-state index contributed by atoms with van der Waals surface area (Å²) < 4.78 is 0. The van der Waals surface area contributed by atoms with E-state index in [0.29, 0.717) is 22.2 Å². The van der Waals surface area contributed by atoms with Crippen LogP contribution in [-0.4, -0.2) is 21.8 Å². The summed E-state index contributed by atoms with van der Waals surface area (Å²) in [5.41, 5.74) is 2.02. The summed E-state index contributed by atoms with van der Waals surface area (Å²) in [6.07, 6.45) is 0. The van der Waals surface area contributed by atoms with Gasteiger partial charge in [-0.1, -0.05) is 36.4 Å². The highest BCUT2D eigenvalue weighted by Gasteiger charge is 2.25. The Balaban J connectivity index is 1.71. The van der Waals surface area contributed by atoms with Gasteiger partial charge in [-0.2, -0.15) is 0 Å². The lowest BCUT2D eigenvalue weighted by Crippen LogP contribution is -2.25. The maximum Gasteiger partial charge on any atom is 0.260 e. The van der Waals surface area contributed by atoms with E-state index in [1.807, 2.05) is 48.5 Å². The molecule has 0 unspecified atom stereocenters. The zero-order valence-corrected chi connectivity index (χ0v) is 13.5. The van der Waals surface area contributed by atoms with E-state index in [1.54, 1.807) is 12.1 Å². The third-order valence-electron chi connectivity index (χ3n) is 4.40. The number of fused-ring (bicyclic) bond motifs is 4. The van der Waals surface area contributed by atoms with Crippen LogP contribution in [0.4, 0.5) is 11.6 Å². The van der Waals surface area contributed by atoms with E-state index < -0.39 is 0 Å². The zero-order chi connectivity index (χ0) is 17.7. The Morgan fingerprint density at radius 2 is 1.04 bits per heavy atom. The highest BCUT2D eigenvalue weighted by molar-refractivity contribution is 6.19. The number of pyridine rings is 2. The van der Waals surface area contributed by atoms with Crippen LogP contribution in [0.2, 0.25) is 0 Å². The van der Waals surface area contributed by atoms with Crippen molar-refractivity contribution in [3.63, 3.8) is 0 Å². The van der Waals surface area contributed by atoms with Gasteiger partial charge in [0.15, 0.2) is 0 Å². The summed E-state index contributed by atoms with van der Waals surface area (Å²) in [6.45, 7) is 0. The summed E-state index contributed by atoms with van der Waals surface area (Å²) in [5.74, 6) is -0.236. The molecule has 2 N–H and O–H groups in total. The van der Waals surface area contributed by atoms with Crippen LogP contribution in [0.5, 0.6) is 0 Å². The van der Waals surface area contributed by atoms with E-state index in [9.17, 15) is 9.59 Å². The van der Waals surface area contributed by atoms with Gasteiger partial charge in [0.25, 0.3) is 11.8 Å². The van der Waals surface area contributed by atoms with E-state index in [0.717, 1.165) is 10.8 Å². The lowest BCUT2D eigenvalue weighted by molar-refractivity contribution is 0.101. The molecule has 26 heavy (non-hydrogen) atoms. The maximum atomic E-state index is 12.8. The van der Waals surface area contributed by atoms with Crippen molar-refractivity contribution in [3.8, 4) is 0 Å². The molecule has 0 saturated heterocycles. The van der Waals surface area contributed by atoms with E-state index >= 15 is 0 Å². The molecule has 1 aliphatic heterocycles. The van der Waals surface area contributed by atoms with Crippen LogP contribution >= 0.6 is 0 Å². The molecule has 2 aromatic heterocycles. The van der Waals surface area contributed by atoms with Crippen molar-refractivity contribution >= 4 is 45.3 Å². The van der Waals surface area contributed by atoms with Crippen molar-refractivity contribution in [3.05, 3.63) is 71.8 Å². The van der Waals surface area contributed by atoms with Crippen molar-refractivity contribution < 1.29 is 9.59 Å². The summed E-state index contributed by atoms with van der Waals surface area (Å²) in [5, 5.41) is 7.15. The number of nitrogens with one attached hydrogen (secondary N) is 2. The van der Waals surface area contributed by atoms with Crippen molar-refractivity contribution in [2.24, 2.45) is 0 Å². The molecule has 5 rings (SSSR count). The fourth-order valence-corrected chi connectivity index (χ4v) is 3.12. The predicted molar refractivity (Wildman–Crippen MR) is 99.4 cm³/mol. The molecule has 0 bridgehead atoms. The highest BCUT2D eigenvalue weighted by atomic mass is 16.2. The van der Waals surface area contributed by atoms with Crippen LogP contribution in [0, 0.1) is 0 Å². The van der Waals surface area contributed by atoms with Crippen LogP contribution in [0.1, 0.15) is 20.7 Å². The Hall–Kier alpha value is -3.80.